The van der Waals surface area contributed by atoms with E-state index in [1.165, 1.54) is 0 Å². The van der Waals surface area contributed by atoms with E-state index in [2.05, 4.69) is 0 Å². The highest BCUT2D eigenvalue weighted by atomic mass is 31.2. The van der Waals surface area contributed by atoms with Crippen LogP contribution in [0.3, 0.4) is 0 Å². The number of hydrogen-bond donors (Lipinski definition) is 4. The quantitative estimate of drug-likeness (QED) is 0.454. The molecule has 0 spiro atoms. The normalized spacial score (nSPS) is 26.2. The monoisotopic (exact) mass is 326 g/mol. The summed E-state index contributed by atoms with van der Waals surface area (Å²) >= 11 is 0. The minimum atomic E-state index is -5.36. The van der Waals surface area contributed by atoms with Crippen LogP contribution in [0.25, 0.3) is 0 Å². The minimum Gasteiger partial charge on any atom is -0.394 e. The second kappa shape index (κ2) is 5.44. The molecule has 12 heteroatoms. The fraction of sp³-hybridized carbons (Fsp3) is 0.556. The van der Waals surface area contributed by atoms with Crippen LogP contribution < -0.4 is 11.2 Å². The summed E-state index contributed by atoms with van der Waals surface area (Å²) in [6.07, 6.45) is -3.22. The van der Waals surface area contributed by atoms with Crippen molar-refractivity contribution >= 4 is 7.75 Å². The number of aliphatic hydroxyl groups excluding tert-OH is 2. The van der Waals surface area contributed by atoms with Crippen molar-refractivity contribution in [2.24, 2.45) is 0 Å². The van der Waals surface area contributed by atoms with Crippen LogP contribution >= 0.6 is 7.75 Å². The maximum absolute atomic E-state index is 13.5. The molecule has 10 nitrogen and oxygen atoms in total. The summed E-state index contributed by atoms with van der Waals surface area (Å²) in [4.78, 5) is 41.2. The van der Waals surface area contributed by atoms with E-state index in [9.17, 15) is 23.7 Å². The number of aliphatic hydroxyl groups is 2. The van der Waals surface area contributed by atoms with Gasteiger partial charge in [0, 0.05) is 6.42 Å². The van der Waals surface area contributed by atoms with Crippen molar-refractivity contribution in [3.8, 4) is 0 Å². The van der Waals surface area contributed by atoms with E-state index in [0.29, 0.717) is 10.8 Å². The molecular formula is C9H12FN2O8P. The molecule has 2 heterocycles. The van der Waals surface area contributed by atoms with Gasteiger partial charge >= 0.3 is 19.0 Å². The molecule has 1 aromatic rings. The lowest BCUT2D eigenvalue weighted by molar-refractivity contribution is -0.0464. The number of halogens is 1. The van der Waals surface area contributed by atoms with Crippen molar-refractivity contribution in [2.45, 2.75) is 24.9 Å². The summed E-state index contributed by atoms with van der Waals surface area (Å²) in [5, 5.41) is 18.5. The molecule has 4 N–H and O–H groups in total. The first kappa shape index (κ1) is 16.0. The van der Waals surface area contributed by atoms with Crippen LogP contribution in [0.1, 0.15) is 12.6 Å². The molecule has 118 valence electrons. The fourth-order valence-electron chi connectivity index (χ4n) is 2.02. The van der Waals surface area contributed by atoms with Gasteiger partial charge in [0.1, 0.15) is 12.3 Å². The van der Waals surface area contributed by atoms with Gasteiger partial charge in [-0.05, 0) is 0 Å². The summed E-state index contributed by atoms with van der Waals surface area (Å²) in [5.41, 5.74) is -3.24. The summed E-state index contributed by atoms with van der Waals surface area (Å²) in [6, 6.07) is 0. The third kappa shape index (κ3) is 2.84. The molecular weight excluding hydrogens is 314 g/mol. The summed E-state index contributed by atoms with van der Waals surface area (Å²) in [7, 11) is -5.36. The Labute approximate surface area is 115 Å². The van der Waals surface area contributed by atoms with Gasteiger partial charge in [0.05, 0.1) is 18.9 Å². The molecule has 1 saturated heterocycles. The fourth-order valence-corrected chi connectivity index (χ4v) is 2.67. The minimum absolute atomic E-state index is 0.218. The molecule has 1 aliphatic rings. The van der Waals surface area contributed by atoms with E-state index in [4.69, 9.17) is 19.6 Å². The number of rotatable bonds is 3. The van der Waals surface area contributed by atoms with Gasteiger partial charge in [0.2, 0.25) is 5.82 Å². The number of ether oxygens (including phenoxy) is 1. The molecule has 3 atom stereocenters. The zero-order valence-corrected chi connectivity index (χ0v) is 11.3. The highest BCUT2D eigenvalue weighted by Crippen LogP contribution is 2.33. The maximum atomic E-state index is 13.5. The Morgan fingerprint density at radius 1 is 1.43 bits per heavy atom. The van der Waals surface area contributed by atoms with Crippen molar-refractivity contribution in [2.75, 3.05) is 6.61 Å². The Balaban J connectivity index is 2.58. The molecule has 0 saturated carbocycles. The van der Waals surface area contributed by atoms with Gasteiger partial charge in [-0.3, -0.25) is 9.36 Å². The zero-order valence-electron chi connectivity index (χ0n) is 10.4. The van der Waals surface area contributed by atoms with Gasteiger partial charge in [0.15, 0.2) is 0 Å². The lowest BCUT2D eigenvalue weighted by Crippen LogP contribution is -2.41. The first-order chi connectivity index (χ1) is 9.66. The van der Waals surface area contributed by atoms with Gasteiger partial charge in [-0.2, -0.15) is 8.73 Å². The van der Waals surface area contributed by atoms with Gasteiger partial charge in [-0.1, -0.05) is 0 Å². The van der Waals surface area contributed by atoms with Crippen LogP contribution in [0.15, 0.2) is 15.8 Å². The maximum Gasteiger partial charge on any atom is 0.440 e. The standard InChI is InChI=1S/C9H12FN2O8P/c10-4-2-11(7-1-5(14)6(3-13)20-7)9(16)12(8(4)15)21(17,18)19/h2,5-7,13-14H,1,3H2,(H2,17,18,19)/t5-,6+,7+/m0/s1. The van der Waals surface area contributed by atoms with Crippen molar-refractivity contribution in [3.63, 3.8) is 0 Å². The van der Waals surface area contributed by atoms with Gasteiger partial charge in [0.25, 0.3) is 0 Å². The van der Waals surface area contributed by atoms with Crippen molar-refractivity contribution in [1.29, 1.82) is 0 Å². The molecule has 1 aromatic heterocycles. The van der Waals surface area contributed by atoms with E-state index in [-0.39, 0.29) is 6.42 Å². The number of hydrogen-bond acceptors (Lipinski definition) is 6. The second-order valence-corrected chi connectivity index (χ2v) is 5.84. The Morgan fingerprint density at radius 2 is 2.05 bits per heavy atom. The molecule has 0 amide bonds. The molecule has 21 heavy (non-hydrogen) atoms. The average Bonchev–Trinajstić information content (AvgIpc) is 2.73. The van der Waals surface area contributed by atoms with Gasteiger partial charge in [-0.25, -0.2) is 9.36 Å². The van der Waals surface area contributed by atoms with Crippen LogP contribution in [0, 0.1) is 5.82 Å². The first-order valence-electron chi connectivity index (χ1n) is 5.71. The topological polar surface area (TPSA) is 151 Å². The lowest BCUT2D eigenvalue weighted by Gasteiger charge is -2.16. The van der Waals surface area contributed by atoms with E-state index in [0.717, 1.165) is 0 Å². The third-order valence-corrected chi connectivity index (χ3v) is 3.88. The van der Waals surface area contributed by atoms with E-state index in [1.54, 1.807) is 0 Å². The predicted octanol–water partition coefficient (Wildman–Crippen LogP) is -2.27. The summed E-state index contributed by atoms with van der Waals surface area (Å²) < 4.78 is 29.6. The van der Waals surface area contributed by atoms with E-state index in [1.807, 2.05) is 0 Å². The van der Waals surface area contributed by atoms with Crippen molar-refractivity contribution in [1.82, 2.24) is 8.90 Å². The van der Waals surface area contributed by atoms with E-state index >= 15 is 0 Å². The second-order valence-electron chi connectivity index (χ2n) is 4.41. The number of aromatic nitrogens is 2. The van der Waals surface area contributed by atoms with Crippen LogP contribution in [-0.4, -0.2) is 47.7 Å². The van der Waals surface area contributed by atoms with Crippen LogP contribution in [0.5, 0.6) is 0 Å². The molecule has 0 radical (unpaired) electrons. The van der Waals surface area contributed by atoms with Gasteiger partial charge < -0.3 is 24.7 Å². The molecule has 2 rings (SSSR count). The first-order valence-corrected chi connectivity index (χ1v) is 7.27. The molecule has 0 aromatic carbocycles. The Bertz CT molecular complexity index is 709. The predicted molar refractivity (Wildman–Crippen MR) is 64.0 cm³/mol. The number of nitrogens with zero attached hydrogens (tertiary/aromatic N) is 2. The largest absolute Gasteiger partial charge is 0.440 e. The van der Waals surface area contributed by atoms with E-state index < -0.39 is 54.2 Å². The smallest absolute Gasteiger partial charge is 0.394 e. The highest BCUT2D eigenvalue weighted by molar-refractivity contribution is 7.50. The van der Waals surface area contributed by atoms with Crippen LogP contribution in [0.2, 0.25) is 0 Å². The van der Waals surface area contributed by atoms with Crippen molar-refractivity contribution < 1.29 is 33.7 Å². The SMILES string of the molecule is O=c1c(F)cn([C@H]2C[C@H](O)[C@@H](CO)O2)c(=O)n1P(=O)(O)O. The Hall–Kier alpha value is -1.36. The zero-order chi connectivity index (χ0) is 15.9. The molecule has 0 aliphatic carbocycles. The Morgan fingerprint density at radius 3 is 2.52 bits per heavy atom. The van der Waals surface area contributed by atoms with Crippen LogP contribution in [-0.2, 0) is 9.30 Å². The van der Waals surface area contributed by atoms with Crippen LogP contribution in [0.4, 0.5) is 4.39 Å². The summed E-state index contributed by atoms with van der Waals surface area (Å²) in [6.45, 7) is -0.562. The average molecular weight is 326 g/mol. The molecule has 0 bridgehead atoms. The third-order valence-electron chi connectivity index (χ3n) is 3.01. The molecule has 1 fully saturated rings. The highest BCUT2D eigenvalue weighted by Gasteiger charge is 2.37. The molecule has 1 aliphatic heterocycles. The van der Waals surface area contributed by atoms with Crippen molar-refractivity contribution in [3.05, 3.63) is 32.9 Å². The lowest BCUT2D eigenvalue weighted by atomic mass is 10.2. The summed E-state index contributed by atoms with van der Waals surface area (Å²) in [5.74, 6) is -1.57. The van der Waals surface area contributed by atoms with Gasteiger partial charge in [-0.15, -0.1) is 0 Å². The Kier molecular flexibility index (Phi) is 4.15. The molecule has 0 unspecified atom stereocenters.